The van der Waals surface area contributed by atoms with Crippen molar-refractivity contribution in [2.45, 2.75) is 57.5 Å². The minimum Gasteiger partial charge on any atom is -0.341 e. The first kappa shape index (κ1) is 25.9. The molecule has 0 aliphatic carbocycles. The summed E-state index contributed by atoms with van der Waals surface area (Å²) in [6.45, 7) is 9.20. The lowest BCUT2D eigenvalue weighted by molar-refractivity contribution is -0.135. The summed E-state index contributed by atoms with van der Waals surface area (Å²) in [4.78, 5) is 28.2. The maximum Gasteiger partial charge on any atom is 0.251 e. The van der Waals surface area contributed by atoms with E-state index in [9.17, 15) is 18.0 Å². The van der Waals surface area contributed by atoms with Gasteiger partial charge >= 0.3 is 0 Å². The van der Waals surface area contributed by atoms with Gasteiger partial charge in [0, 0.05) is 44.1 Å². The number of carbonyl (C=O) groups is 2. The molecule has 0 bridgehead atoms. The predicted molar refractivity (Wildman–Crippen MR) is 130 cm³/mol. The van der Waals surface area contributed by atoms with Crippen LogP contribution < -0.4 is 5.32 Å². The number of nitrogens with one attached hydrogen (secondary N) is 1. The van der Waals surface area contributed by atoms with Gasteiger partial charge in [-0.25, -0.2) is 8.42 Å². The Morgan fingerprint density at radius 1 is 1.15 bits per heavy atom. The Morgan fingerprint density at radius 2 is 1.82 bits per heavy atom. The average Bonchev–Trinajstić information content (AvgIpc) is 3.37. The Bertz CT molecular complexity index is 1070. The monoisotopic (exact) mass is 489 g/mol. The van der Waals surface area contributed by atoms with Crippen molar-refractivity contribution >= 4 is 21.8 Å². The molecule has 1 atom stereocenters. The van der Waals surface area contributed by atoms with Gasteiger partial charge in [0.05, 0.1) is 10.9 Å². The molecule has 1 fully saturated rings. The molecule has 1 aromatic heterocycles. The van der Waals surface area contributed by atoms with E-state index in [0.717, 1.165) is 12.8 Å². The zero-order valence-electron chi connectivity index (χ0n) is 20.3. The lowest BCUT2D eigenvalue weighted by atomic mass is 9.99. The highest BCUT2D eigenvalue weighted by molar-refractivity contribution is 7.89. The van der Waals surface area contributed by atoms with Crippen LogP contribution in [0, 0.1) is 5.92 Å². The molecule has 2 amide bonds. The Balaban J connectivity index is 1.70. The fourth-order valence-electron chi connectivity index (χ4n) is 4.29. The second kappa shape index (κ2) is 11.1. The number of hydrogen-bond acceptors (Lipinski definition) is 5. The standard InChI is InChI=1S/C24H35N5O4S/c1-5-28(6-2)34(32,33)21-10-7-9-19(17-21)23(30)26-22(18(3)4)24(31)27-15-11-20(12-16-27)29-14-8-13-25-29/h7-10,13-14,17-18,20,22H,5-6,11-12,15-16H2,1-4H3,(H,26,30)/t22-/m0/s1. The van der Waals surface area contributed by atoms with Crippen LogP contribution in [-0.2, 0) is 14.8 Å². The topological polar surface area (TPSA) is 105 Å². The molecular formula is C24H35N5O4S. The number of rotatable bonds is 9. The van der Waals surface area contributed by atoms with Gasteiger partial charge in [-0.15, -0.1) is 0 Å². The van der Waals surface area contributed by atoms with Crippen LogP contribution in [0.15, 0.2) is 47.6 Å². The molecule has 3 rings (SSSR count). The summed E-state index contributed by atoms with van der Waals surface area (Å²) < 4.78 is 29.0. The normalized spacial score (nSPS) is 16.1. The molecule has 9 nitrogen and oxygen atoms in total. The molecule has 0 radical (unpaired) electrons. The van der Waals surface area contributed by atoms with Crippen molar-refractivity contribution in [3.63, 3.8) is 0 Å². The Kier molecular flexibility index (Phi) is 8.48. The largest absolute Gasteiger partial charge is 0.341 e. The summed E-state index contributed by atoms with van der Waals surface area (Å²) in [7, 11) is -3.69. The Labute approximate surface area is 202 Å². The highest BCUT2D eigenvalue weighted by Crippen LogP contribution is 2.23. The van der Waals surface area contributed by atoms with Gasteiger partial charge in [0.1, 0.15) is 6.04 Å². The summed E-state index contributed by atoms with van der Waals surface area (Å²) in [5, 5.41) is 7.15. The minimum atomic E-state index is -3.69. The maximum absolute atomic E-state index is 13.3. The smallest absolute Gasteiger partial charge is 0.251 e. The van der Waals surface area contributed by atoms with Gasteiger partial charge < -0.3 is 10.2 Å². The zero-order valence-corrected chi connectivity index (χ0v) is 21.2. The third-order valence-corrected chi connectivity index (χ3v) is 8.38. The number of amides is 2. The molecular weight excluding hydrogens is 454 g/mol. The number of likely N-dealkylation sites (tertiary alicyclic amines) is 1. The quantitative estimate of drug-likeness (QED) is 0.583. The van der Waals surface area contributed by atoms with Gasteiger partial charge in [-0.2, -0.15) is 9.40 Å². The highest BCUT2D eigenvalue weighted by atomic mass is 32.2. The summed E-state index contributed by atoms with van der Waals surface area (Å²) in [6, 6.07) is 7.44. The Hall–Kier alpha value is -2.72. The molecule has 0 saturated carbocycles. The van der Waals surface area contributed by atoms with E-state index >= 15 is 0 Å². The molecule has 186 valence electrons. The van der Waals surface area contributed by atoms with Crippen LogP contribution in [0.4, 0.5) is 0 Å². The third kappa shape index (κ3) is 5.67. The molecule has 2 heterocycles. The number of sulfonamides is 1. The van der Waals surface area contributed by atoms with Gasteiger partial charge in [0.2, 0.25) is 15.9 Å². The van der Waals surface area contributed by atoms with Crippen LogP contribution in [0.1, 0.15) is 56.9 Å². The second-order valence-corrected chi connectivity index (χ2v) is 10.8. The molecule has 1 N–H and O–H groups in total. The molecule has 0 unspecified atom stereocenters. The van der Waals surface area contributed by atoms with Crippen LogP contribution in [-0.4, -0.2) is 71.4 Å². The van der Waals surface area contributed by atoms with E-state index in [1.54, 1.807) is 37.1 Å². The van der Waals surface area contributed by atoms with Crippen LogP contribution in [0.2, 0.25) is 0 Å². The van der Waals surface area contributed by atoms with E-state index in [-0.39, 0.29) is 28.3 Å². The molecule has 2 aromatic rings. The highest BCUT2D eigenvalue weighted by Gasteiger charge is 2.32. The van der Waals surface area contributed by atoms with E-state index in [2.05, 4.69) is 10.4 Å². The molecule has 1 saturated heterocycles. The number of piperidine rings is 1. The van der Waals surface area contributed by atoms with Gasteiger partial charge in [-0.1, -0.05) is 33.8 Å². The molecule has 0 spiro atoms. The molecule has 1 aromatic carbocycles. The van der Waals surface area contributed by atoms with E-state index in [0.29, 0.717) is 26.2 Å². The summed E-state index contributed by atoms with van der Waals surface area (Å²) >= 11 is 0. The SMILES string of the molecule is CCN(CC)S(=O)(=O)c1cccc(C(=O)N[C@H](C(=O)N2CCC(n3cccn3)CC2)C(C)C)c1. The van der Waals surface area contributed by atoms with Crippen molar-refractivity contribution in [2.75, 3.05) is 26.2 Å². The van der Waals surface area contributed by atoms with Gasteiger partial charge in [0.25, 0.3) is 5.91 Å². The average molecular weight is 490 g/mol. The van der Waals surface area contributed by atoms with Crippen molar-refractivity contribution in [1.29, 1.82) is 0 Å². The summed E-state index contributed by atoms with van der Waals surface area (Å²) in [5.41, 5.74) is 0.212. The fraction of sp³-hybridized carbons (Fsp3) is 0.542. The Morgan fingerprint density at radius 3 is 2.38 bits per heavy atom. The van der Waals surface area contributed by atoms with Crippen molar-refractivity contribution in [3.05, 3.63) is 48.3 Å². The van der Waals surface area contributed by atoms with Gasteiger partial charge in [-0.05, 0) is 43.0 Å². The third-order valence-electron chi connectivity index (χ3n) is 6.33. The van der Waals surface area contributed by atoms with Crippen molar-refractivity contribution in [2.24, 2.45) is 5.92 Å². The maximum atomic E-state index is 13.3. The molecule has 34 heavy (non-hydrogen) atoms. The van der Waals surface area contributed by atoms with Crippen molar-refractivity contribution < 1.29 is 18.0 Å². The molecule has 10 heteroatoms. The van der Waals surface area contributed by atoms with Crippen LogP contribution in [0.25, 0.3) is 0 Å². The number of hydrogen-bond donors (Lipinski definition) is 1. The van der Waals surface area contributed by atoms with E-state index in [1.165, 1.54) is 16.4 Å². The number of benzene rings is 1. The fourth-order valence-corrected chi connectivity index (χ4v) is 5.80. The summed E-state index contributed by atoms with van der Waals surface area (Å²) in [6.07, 6.45) is 5.30. The first-order valence-corrected chi connectivity index (χ1v) is 13.3. The first-order valence-electron chi connectivity index (χ1n) is 11.9. The number of carbonyl (C=O) groups excluding carboxylic acids is 2. The van der Waals surface area contributed by atoms with E-state index < -0.39 is 22.0 Å². The van der Waals surface area contributed by atoms with E-state index in [1.807, 2.05) is 30.8 Å². The second-order valence-electron chi connectivity index (χ2n) is 8.85. The van der Waals surface area contributed by atoms with Gasteiger partial charge in [0.15, 0.2) is 0 Å². The molecule has 1 aliphatic heterocycles. The lowest BCUT2D eigenvalue weighted by Crippen LogP contribution is -2.53. The van der Waals surface area contributed by atoms with Crippen LogP contribution in [0.3, 0.4) is 0 Å². The van der Waals surface area contributed by atoms with Crippen LogP contribution >= 0.6 is 0 Å². The number of aromatic nitrogens is 2. The van der Waals surface area contributed by atoms with Gasteiger partial charge in [-0.3, -0.25) is 14.3 Å². The molecule has 1 aliphatic rings. The summed E-state index contributed by atoms with van der Waals surface area (Å²) in [5.74, 6) is -0.702. The van der Waals surface area contributed by atoms with Crippen molar-refractivity contribution in [3.8, 4) is 0 Å². The number of nitrogens with zero attached hydrogens (tertiary/aromatic N) is 4. The zero-order chi connectivity index (χ0) is 24.9. The predicted octanol–water partition coefficient (Wildman–Crippen LogP) is 2.53. The minimum absolute atomic E-state index is 0.0666. The van der Waals surface area contributed by atoms with Crippen molar-refractivity contribution in [1.82, 2.24) is 24.3 Å². The van der Waals surface area contributed by atoms with E-state index in [4.69, 9.17) is 0 Å². The first-order chi connectivity index (χ1) is 16.2. The lowest BCUT2D eigenvalue weighted by Gasteiger charge is -2.35. The van der Waals surface area contributed by atoms with Crippen LogP contribution in [0.5, 0.6) is 0 Å².